The maximum atomic E-state index is 11.7. The molecule has 0 heterocycles. The van der Waals surface area contributed by atoms with E-state index in [9.17, 15) is 21.6 Å². The maximum Gasteiger partial charge on any atom is 0.523 e. The predicted octanol–water partition coefficient (Wildman–Crippen LogP) is 1.65. The van der Waals surface area contributed by atoms with Crippen LogP contribution >= 0.6 is 0 Å². The molecule has 0 atom stereocenters. The van der Waals surface area contributed by atoms with Crippen LogP contribution in [0.25, 0.3) is 0 Å². The Kier molecular flexibility index (Phi) is 2.86. The minimum atomic E-state index is -5.37. The van der Waals surface area contributed by atoms with Crippen molar-refractivity contribution in [1.82, 2.24) is 0 Å². The highest BCUT2D eigenvalue weighted by Gasteiger charge is 2.47. The summed E-state index contributed by atoms with van der Waals surface area (Å²) in [6.07, 6.45) is 2.42. The van der Waals surface area contributed by atoms with Gasteiger partial charge in [-0.1, -0.05) is 6.42 Å². The van der Waals surface area contributed by atoms with Crippen LogP contribution in [0.5, 0.6) is 0 Å². The smallest absolute Gasteiger partial charge is 0.263 e. The summed E-state index contributed by atoms with van der Waals surface area (Å²) in [4.78, 5) is 0. The van der Waals surface area contributed by atoms with E-state index in [0.717, 1.165) is 19.3 Å². The van der Waals surface area contributed by atoms with E-state index in [4.69, 9.17) is 0 Å². The topological polar surface area (TPSA) is 43.4 Å². The van der Waals surface area contributed by atoms with Crippen LogP contribution in [0.1, 0.15) is 19.3 Å². The summed E-state index contributed by atoms with van der Waals surface area (Å²) in [6, 6.07) is 0. The van der Waals surface area contributed by atoms with E-state index >= 15 is 0 Å². The van der Waals surface area contributed by atoms with Gasteiger partial charge in [-0.3, -0.25) is 4.18 Å². The van der Waals surface area contributed by atoms with Crippen molar-refractivity contribution in [2.45, 2.75) is 24.8 Å². The zero-order valence-electron chi connectivity index (χ0n) is 6.67. The first kappa shape index (κ1) is 10.8. The molecule has 0 amide bonds. The van der Waals surface area contributed by atoms with Crippen LogP contribution in [0.4, 0.5) is 13.2 Å². The first-order chi connectivity index (χ1) is 5.83. The normalized spacial score (nSPS) is 19.9. The van der Waals surface area contributed by atoms with Gasteiger partial charge in [-0.2, -0.15) is 21.6 Å². The lowest BCUT2D eigenvalue weighted by molar-refractivity contribution is -0.0557. The molecule has 0 saturated heterocycles. The minimum Gasteiger partial charge on any atom is -0.263 e. The van der Waals surface area contributed by atoms with Crippen LogP contribution in [0.15, 0.2) is 0 Å². The van der Waals surface area contributed by atoms with Gasteiger partial charge < -0.3 is 0 Å². The Hall–Kier alpha value is -0.300. The molecule has 13 heavy (non-hydrogen) atoms. The molecule has 1 aliphatic rings. The monoisotopic (exact) mass is 218 g/mol. The molecule has 0 aromatic heterocycles. The van der Waals surface area contributed by atoms with E-state index in [1.165, 1.54) is 0 Å². The van der Waals surface area contributed by atoms with E-state index in [-0.39, 0.29) is 12.5 Å². The summed E-state index contributed by atoms with van der Waals surface area (Å²) in [6.45, 7) is -0.345. The Morgan fingerprint density at radius 3 is 2.15 bits per heavy atom. The lowest BCUT2D eigenvalue weighted by Gasteiger charge is -2.24. The van der Waals surface area contributed by atoms with Crippen molar-refractivity contribution in [3.05, 3.63) is 0 Å². The van der Waals surface area contributed by atoms with E-state index < -0.39 is 15.6 Å². The fourth-order valence-electron chi connectivity index (χ4n) is 0.912. The molecule has 78 valence electrons. The van der Waals surface area contributed by atoms with Gasteiger partial charge >= 0.3 is 15.6 Å². The molecule has 3 nitrogen and oxygen atoms in total. The lowest BCUT2D eigenvalue weighted by atomic mass is 9.86. The number of rotatable bonds is 3. The van der Waals surface area contributed by atoms with Gasteiger partial charge in [0.25, 0.3) is 0 Å². The van der Waals surface area contributed by atoms with Crippen molar-refractivity contribution >= 4 is 10.1 Å². The second-order valence-corrected chi connectivity index (χ2v) is 4.59. The Labute approximate surface area is 74.0 Å². The van der Waals surface area contributed by atoms with Gasteiger partial charge in [0.15, 0.2) is 0 Å². The van der Waals surface area contributed by atoms with E-state index in [1.807, 2.05) is 0 Å². The maximum absolute atomic E-state index is 11.7. The SMILES string of the molecule is O=S(=O)(OCC1CCC1)C(F)(F)F. The number of hydrogen-bond acceptors (Lipinski definition) is 3. The van der Waals surface area contributed by atoms with Crippen molar-refractivity contribution in [2.24, 2.45) is 5.92 Å². The molecule has 0 unspecified atom stereocenters. The second-order valence-electron chi connectivity index (χ2n) is 2.98. The number of halogens is 3. The highest BCUT2D eigenvalue weighted by Crippen LogP contribution is 2.30. The Balaban J connectivity index is 2.42. The number of hydrogen-bond donors (Lipinski definition) is 0. The largest absolute Gasteiger partial charge is 0.523 e. The molecule has 1 aliphatic carbocycles. The zero-order valence-corrected chi connectivity index (χ0v) is 7.49. The molecule has 0 spiro atoms. The summed E-state index contributed by atoms with van der Waals surface area (Å²) in [5.74, 6) is -0.0304. The Morgan fingerprint density at radius 2 is 1.85 bits per heavy atom. The highest BCUT2D eigenvalue weighted by molar-refractivity contribution is 7.87. The quantitative estimate of drug-likeness (QED) is 0.534. The molecule has 7 heteroatoms. The van der Waals surface area contributed by atoms with Crippen LogP contribution in [-0.2, 0) is 14.3 Å². The molecule has 0 aliphatic heterocycles. The first-order valence-corrected chi connectivity index (χ1v) is 5.19. The molecule has 0 radical (unpaired) electrons. The number of alkyl halides is 3. The van der Waals surface area contributed by atoms with Crippen LogP contribution in [-0.4, -0.2) is 20.5 Å². The Morgan fingerprint density at radius 1 is 1.31 bits per heavy atom. The zero-order chi connectivity index (χ0) is 10.1. The summed E-state index contributed by atoms with van der Waals surface area (Å²) >= 11 is 0. The van der Waals surface area contributed by atoms with Gasteiger partial charge in [-0.25, -0.2) is 0 Å². The molecule has 0 N–H and O–H groups in total. The van der Waals surface area contributed by atoms with Crippen molar-refractivity contribution in [2.75, 3.05) is 6.61 Å². The van der Waals surface area contributed by atoms with Gasteiger partial charge in [0.05, 0.1) is 6.61 Å². The molecule has 1 fully saturated rings. The van der Waals surface area contributed by atoms with Crippen LogP contribution in [0.3, 0.4) is 0 Å². The molecule has 1 rings (SSSR count). The van der Waals surface area contributed by atoms with E-state index in [1.54, 1.807) is 0 Å². The van der Waals surface area contributed by atoms with Crippen molar-refractivity contribution in [3.8, 4) is 0 Å². The summed E-state index contributed by atoms with van der Waals surface area (Å²) < 4.78 is 59.6. The van der Waals surface area contributed by atoms with E-state index in [0.29, 0.717) is 0 Å². The van der Waals surface area contributed by atoms with Crippen LogP contribution in [0.2, 0.25) is 0 Å². The van der Waals surface area contributed by atoms with Crippen molar-refractivity contribution < 1.29 is 25.8 Å². The Bertz CT molecular complexity index is 265. The molecule has 0 bridgehead atoms. The average Bonchev–Trinajstić information content (AvgIpc) is 1.80. The van der Waals surface area contributed by atoms with Gasteiger partial charge in [-0.05, 0) is 18.8 Å². The van der Waals surface area contributed by atoms with Gasteiger partial charge in [0, 0.05) is 0 Å². The molecule has 0 aromatic rings. The lowest BCUT2D eigenvalue weighted by Crippen LogP contribution is -2.29. The standard InChI is InChI=1S/C6H9F3O3S/c7-6(8,9)13(10,11)12-4-5-2-1-3-5/h5H,1-4H2. The first-order valence-electron chi connectivity index (χ1n) is 3.78. The third-order valence-corrected chi connectivity index (χ3v) is 2.98. The summed E-state index contributed by atoms with van der Waals surface area (Å²) in [5, 5.41) is 0. The van der Waals surface area contributed by atoms with Gasteiger partial charge in [0.2, 0.25) is 0 Å². The van der Waals surface area contributed by atoms with Crippen LogP contribution in [0, 0.1) is 5.92 Å². The predicted molar refractivity (Wildman–Crippen MR) is 38.3 cm³/mol. The fraction of sp³-hybridized carbons (Fsp3) is 1.00. The van der Waals surface area contributed by atoms with E-state index in [2.05, 4.69) is 4.18 Å². The van der Waals surface area contributed by atoms with Crippen molar-refractivity contribution in [1.29, 1.82) is 0 Å². The van der Waals surface area contributed by atoms with Gasteiger partial charge in [-0.15, -0.1) is 0 Å². The molecular formula is C6H9F3O3S. The summed E-state index contributed by atoms with van der Waals surface area (Å²) in [7, 11) is -5.37. The van der Waals surface area contributed by atoms with Crippen LogP contribution < -0.4 is 0 Å². The summed E-state index contributed by atoms with van der Waals surface area (Å²) in [5.41, 5.74) is -5.29. The fourth-order valence-corrected chi connectivity index (χ4v) is 1.42. The molecule has 1 saturated carbocycles. The minimum absolute atomic E-state index is 0.0304. The van der Waals surface area contributed by atoms with Gasteiger partial charge in [0.1, 0.15) is 0 Å². The highest BCUT2D eigenvalue weighted by atomic mass is 32.2. The third kappa shape index (κ3) is 2.57. The molecular weight excluding hydrogens is 209 g/mol. The third-order valence-electron chi connectivity index (χ3n) is 1.97. The van der Waals surface area contributed by atoms with Crippen molar-refractivity contribution in [3.63, 3.8) is 0 Å². The second kappa shape index (κ2) is 3.45. The molecule has 0 aromatic carbocycles. The average molecular weight is 218 g/mol.